The summed E-state index contributed by atoms with van der Waals surface area (Å²) in [6, 6.07) is 0. The Morgan fingerprint density at radius 1 is 0.462 bits per heavy atom. The molecule has 80 valence electrons. The first-order chi connectivity index (χ1) is 6.00. The van der Waals surface area contributed by atoms with Crippen LogP contribution in [-0.2, 0) is 0 Å². The summed E-state index contributed by atoms with van der Waals surface area (Å²) in [5.74, 6) is 0. The van der Waals surface area contributed by atoms with Crippen molar-refractivity contribution in [3.05, 3.63) is 0 Å². The van der Waals surface area contributed by atoms with Crippen molar-refractivity contribution in [2.75, 3.05) is 13.1 Å². The molecule has 0 saturated carbocycles. The van der Waals surface area contributed by atoms with Crippen LogP contribution >= 0.6 is 17.0 Å². The van der Waals surface area contributed by atoms with Gasteiger partial charge in [-0.1, -0.05) is 44.9 Å². The summed E-state index contributed by atoms with van der Waals surface area (Å²) < 4.78 is 0. The smallest absolute Gasteiger partial charge is 0.00489 e. The maximum Gasteiger partial charge on any atom is -0.00489 e. The van der Waals surface area contributed by atoms with Crippen LogP contribution in [-0.4, -0.2) is 13.1 Å². The number of hydrogen-bond donors (Lipinski definition) is 1. The zero-order valence-electron chi connectivity index (χ0n) is 8.69. The number of nitrogens with one attached hydrogen (secondary N) is 1. The number of halogens is 1. The predicted molar refractivity (Wildman–Crippen MR) is 64.7 cm³/mol. The average molecular weight is 250 g/mol. The first-order valence-electron chi connectivity index (χ1n) is 5.71. The van der Waals surface area contributed by atoms with Crippen LogP contribution in [0.5, 0.6) is 0 Å². The summed E-state index contributed by atoms with van der Waals surface area (Å²) in [4.78, 5) is 0. The van der Waals surface area contributed by atoms with Crippen molar-refractivity contribution in [1.29, 1.82) is 0 Å². The highest BCUT2D eigenvalue weighted by atomic mass is 79.9. The summed E-state index contributed by atoms with van der Waals surface area (Å²) in [5, 5.41) is 3.50. The molecule has 0 bridgehead atoms. The van der Waals surface area contributed by atoms with E-state index in [-0.39, 0.29) is 17.0 Å². The lowest BCUT2D eigenvalue weighted by atomic mass is 10.1. The Morgan fingerprint density at radius 2 is 0.769 bits per heavy atom. The van der Waals surface area contributed by atoms with Crippen molar-refractivity contribution in [3.8, 4) is 0 Å². The van der Waals surface area contributed by atoms with Crippen molar-refractivity contribution in [1.82, 2.24) is 5.32 Å². The molecule has 0 unspecified atom stereocenters. The van der Waals surface area contributed by atoms with Gasteiger partial charge in [-0.3, -0.25) is 0 Å². The van der Waals surface area contributed by atoms with E-state index in [1.807, 2.05) is 0 Å². The first kappa shape index (κ1) is 13.4. The molecule has 1 saturated heterocycles. The molecule has 1 fully saturated rings. The van der Waals surface area contributed by atoms with E-state index in [1.165, 1.54) is 70.9 Å². The average Bonchev–Trinajstić information content (AvgIpc) is 2.05. The first-order valence-corrected chi connectivity index (χ1v) is 5.71. The van der Waals surface area contributed by atoms with Crippen molar-refractivity contribution in [2.24, 2.45) is 0 Å². The predicted octanol–water partition coefficient (Wildman–Crippen LogP) is 3.68. The third kappa shape index (κ3) is 8.76. The molecule has 1 N–H and O–H groups in total. The lowest BCUT2D eigenvalue weighted by Gasteiger charge is -2.07. The second-order valence-corrected chi connectivity index (χ2v) is 3.93. The van der Waals surface area contributed by atoms with E-state index >= 15 is 0 Å². The third-order valence-electron chi connectivity index (χ3n) is 2.71. The van der Waals surface area contributed by atoms with E-state index < -0.39 is 0 Å². The molecule has 1 rings (SSSR count). The molecule has 0 aromatic carbocycles. The summed E-state index contributed by atoms with van der Waals surface area (Å²) in [5.41, 5.74) is 0. The van der Waals surface area contributed by atoms with Gasteiger partial charge >= 0.3 is 0 Å². The molecule has 1 nitrogen and oxygen atoms in total. The lowest BCUT2D eigenvalue weighted by molar-refractivity contribution is 0.512. The van der Waals surface area contributed by atoms with Gasteiger partial charge in [0.2, 0.25) is 0 Å². The van der Waals surface area contributed by atoms with Crippen LogP contribution in [0.3, 0.4) is 0 Å². The van der Waals surface area contributed by atoms with Crippen LogP contribution in [0.25, 0.3) is 0 Å². The minimum Gasteiger partial charge on any atom is -0.317 e. The molecule has 0 aromatic rings. The molecule has 1 heterocycles. The molecule has 13 heavy (non-hydrogen) atoms. The molecule has 1 aliphatic heterocycles. The van der Waals surface area contributed by atoms with E-state index in [0.717, 1.165) is 0 Å². The van der Waals surface area contributed by atoms with Crippen molar-refractivity contribution in [3.63, 3.8) is 0 Å². The highest BCUT2D eigenvalue weighted by molar-refractivity contribution is 8.93. The Hall–Kier alpha value is 0.440. The van der Waals surface area contributed by atoms with Gasteiger partial charge in [-0.2, -0.15) is 0 Å². The van der Waals surface area contributed by atoms with Crippen LogP contribution in [0.15, 0.2) is 0 Å². The summed E-state index contributed by atoms with van der Waals surface area (Å²) in [6.45, 7) is 2.50. The Kier molecular flexibility index (Phi) is 10.9. The second-order valence-electron chi connectivity index (χ2n) is 3.93. The van der Waals surface area contributed by atoms with Crippen LogP contribution < -0.4 is 5.32 Å². The van der Waals surface area contributed by atoms with Crippen LogP contribution in [0, 0.1) is 0 Å². The quantitative estimate of drug-likeness (QED) is 0.691. The van der Waals surface area contributed by atoms with Crippen LogP contribution in [0.1, 0.15) is 57.8 Å². The fraction of sp³-hybridized carbons (Fsp3) is 1.00. The molecule has 0 amide bonds. The van der Waals surface area contributed by atoms with Crippen LogP contribution in [0.4, 0.5) is 0 Å². The van der Waals surface area contributed by atoms with E-state index in [0.29, 0.717) is 0 Å². The molecule has 0 aliphatic carbocycles. The summed E-state index contributed by atoms with van der Waals surface area (Å²) >= 11 is 0. The number of rotatable bonds is 0. The Balaban J connectivity index is 0.00000144. The molecular weight excluding hydrogens is 226 g/mol. The summed E-state index contributed by atoms with van der Waals surface area (Å²) in [6.07, 6.45) is 13.0. The third-order valence-corrected chi connectivity index (χ3v) is 2.71. The van der Waals surface area contributed by atoms with Gasteiger partial charge in [0, 0.05) is 0 Å². The van der Waals surface area contributed by atoms with Crippen molar-refractivity contribution < 1.29 is 0 Å². The monoisotopic (exact) mass is 249 g/mol. The normalized spacial score (nSPS) is 22.2. The van der Waals surface area contributed by atoms with E-state index in [2.05, 4.69) is 5.32 Å². The summed E-state index contributed by atoms with van der Waals surface area (Å²) in [7, 11) is 0. The molecule has 0 atom stereocenters. The largest absolute Gasteiger partial charge is 0.317 e. The van der Waals surface area contributed by atoms with Gasteiger partial charge in [0.1, 0.15) is 0 Å². The van der Waals surface area contributed by atoms with Gasteiger partial charge in [0.15, 0.2) is 0 Å². The van der Waals surface area contributed by atoms with Gasteiger partial charge in [0.25, 0.3) is 0 Å². The molecular formula is C11H24BrN. The van der Waals surface area contributed by atoms with Gasteiger partial charge in [0.05, 0.1) is 0 Å². The molecule has 0 aromatic heterocycles. The molecule has 0 spiro atoms. The maximum absolute atomic E-state index is 3.50. The van der Waals surface area contributed by atoms with E-state index in [1.54, 1.807) is 0 Å². The molecule has 1 aliphatic rings. The van der Waals surface area contributed by atoms with Crippen LogP contribution in [0.2, 0.25) is 0 Å². The zero-order valence-corrected chi connectivity index (χ0v) is 10.4. The van der Waals surface area contributed by atoms with Gasteiger partial charge in [-0.05, 0) is 25.9 Å². The highest BCUT2D eigenvalue weighted by Crippen LogP contribution is 2.09. The minimum absolute atomic E-state index is 0. The van der Waals surface area contributed by atoms with Gasteiger partial charge in [-0.15, -0.1) is 17.0 Å². The zero-order chi connectivity index (χ0) is 8.49. The maximum atomic E-state index is 3.50. The van der Waals surface area contributed by atoms with Gasteiger partial charge in [-0.25, -0.2) is 0 Å². The fourth-order valence-electron chi connectivity index (χ4n) is 1.86. The van der Waals surface area contributed by atoms with Gasteiger partial charge < -0.3 is 5.32 Å². The number of hydrogen-bond acceptors (Lipinski definition) is 1. The van der Waals surface area contributed by atoms with E-state index in [9.17, 15) is 0 Å². The van der Waals surface area contributed by atoms with E-state index in [4.69, 9.17) is 0 Å². The SMILES string of the molecule is Br.C1CCCCCNCCCCC1. The Morgan fingerprint density at radius 3 is 1.15 bits per heavy atom. The molecule has 0 radical (unpaired) electrons. The Bertz CT molecular complexity index is 53.1. The Labute approximate surface area is 93.4 Å². The minimum atomic E-state index is 0. The lowest BCUT2D eigenvalue weighted by Crippen LogP contribution is -2.16. The highest BCUT2D eigenvalue weighted by Gasteiger charge is 1.95. The molecule has 2 heteroatoms. The van der Waals surface area contributed by atoms with Crippen molar-refractivity contribution in [2.45, 2.75) is 57.8 Å². The second kappa shape index (κ2) is 10.5. The standard InChI is InChI=1S/C11H23N.BrH/c1-2-4-6-8-10-12-11-9-7-5-3-1;/h12H,1-11H2;1H. The fourth-order valence-corrected chi connectivity index (χ4v) is 1.86. The van der Waals surface area contributed by atoms with Crippen molar-refractivity contribution >= 4 is 17.0 Å². The topological polar surface area (TPSA) is 12.0 Å².